The standard InChI is InChI=1S/C22H23N3O4S/c1-15(22(28)20-10-9-19(30-20)13-23-16(2)26)29-21(27)11-8-17-12-24-25(14-17)18-6-4-3-5-7-18/h3-7,9-10,12,14-15H,8,11,13H2,1-2H3,(H,23,26). The molecule has 8 heteroatoms. The molecule has 0 aliphatic heterocycles. The first-order chi connectivity index (χ1) is 14.4. The van der Waals surface area contributed by atoms with Gasteiger partial charge in [-0.3, -0.25) is 14.4 Å². The van der Waals surface area contributed by atoms with Crippen LogP contribution in [0.2, 0.25) is 0 Å². The van der Waals surface area contributed by atoms with Crippen LogP contribution in [0.25, 0.3) is 5.69 Å². The summed E-state index contributed by atoms with van der Waals surface area (Å²) in [5.74, 6) is -0.814. The number of hydrogen-bond acceptors (Lipinski definition) is 6. The van der Waals surface area contributed by atoms with Gasteiger partial charge in [0.1, 0.15) is 0 Å². The van der Waals surface area contributed by atoms with E-state index in [0.717, 1.165) is 16.1 Å². The average molecular weight is 426 g/mol. The van der Waals surface area contributed by atoms with Crippen molar-refractivity contribution in [3.05, 3.63) is 70.2 Å². The zero-order valence-electron chi connectivity index (χ0n) is 16.8. The zero-order chi connectivity index (χ0) is 21.5. The van der Waals surface area contributed by atoms with Gasteiger partial charge in [-0.15, -0.1) is 11.3 Å². The minimum absolute atomic E-state index is 0.132. The van der Waals surface area contributed by atoms with Crippen molar-refractivity contribution >= 4 is 29.0 Å². The van der Waals surface area contributed by atoms with Crippen LogP contribution < -0.4 is 5.32 Å². The topological polar surface area (TPSA) is 90.3 Å². The molecule has 1 atom stereocenters. The van der Waals surface area contributed by atoms with Gasteiger partial charge in [-0.05, 0) is 43.2 Å². The van der Waals surface area contributed by atoms with Gasteiger partial charge >= 0.3 is 5.97 Å². The Morgan fingerprint density at radius 3 is 2.67 bits per heavy atom. The third-order valence-electron chi connectivity index (χ3n) is 4.37. The number of rotatable bonds is 9. The van der Waals surface area contributed by atoms with Crippen LogP contribution in [0.1, 0.15) is 40.4 Å². The van der Waals surface area contributed by atoms with Crippen molar-refractivity contribution < 1.29 is 19.1 Å². The molecule has 1 amide bonds. The number of benzene rings is 1. The highest BCUT2D eigenvalue weighted by molar-refractivity contribution is 7.14. The number of carbonyl (C=O) groups excluding carboxylic acids is 3. The lowest BCUT2D eigenvalue weighted by Crippen LogP contribution is -2.24. The zero-order valence-corrected chi connectivity index (χ0v) is 17.6. The van der Waals surface area contributed by atoms with Crippen LogP contribution in [-0.2, 0) is 27.3 Å². The third kappa shape index (κ3) is 5.87. The summed E-state index contributed by atoms with van der Waals surface area (Å²) in [7, 11) is 0. The van der Waals surface area contributed by atoms with E-state index < -0.39 is 12.1 Å². The van der Waals surface area contributed by atoms with E-state index in [-0.39, 0.29) is 18.1 Å². The van der Waals surface area contributed by atoms with Crippen LogP contribution in [0.15, 0.2) is 54.9 Å². The second-order valence-corrected chi connectivity index (χ2v) is 7.97. The molecule has 1 aromatic carbocycles. The molecular weight excluding hydrogens is 402 g/mol. The number of Topliss-reactive ketones (excluding diaryl/α,β-unsaturated/α-hetero) is 1. The molecule has 0 radical (unpaired) electrons. The number of amides is 1. The summed E-state index contributed by atoms with van der Waals surface area (Å²) < 4.78 is 7.06. The smallest absolute Gasteiger partial charge is 0.306 e. The molecule has 3 rings (SSSR count). The van der Waals surface area contributed by atoms with Crippen molar-refractivity contribution in [3.63, 3.8) is 0 Å². The number of nitrogens with one attached hydrogen (secondary N) is 1. The van der Waals surface area contributed by atoms with Gasteiger partial charge in [0.2, 0.25) is 11.7 Å². The van der Waals surface area contributed by atoms with Gasteiger partial charge in [0.15, 0.2) is 6.10 Å². The highest BCUT2D eigenvalue weighted by atomic mass is 32.1. The highest BCUT2D eigenvalue weighted by Crippen LogP contribution is 2.19. The summed E-state index contributed by atoms with van der Waals surface area (Å²) in [6, 6.07) is 13.2. The molecule has 0 aliphatic carbocycles. The number of ketones is 1. The first-order valence-electron chi connectivity index (χ1n) is 9.58. The van der Waals surface area contributed by atoms with Crippen molar-refractivity contribution in [1.29, 1.82) is 0 Å². The summed E-state index contributed by atoms with van der Waals surface area (Å²) in [5.41, 5.74) is 1.86. The quantitative estimate of drug-likeness (QED) is 0.420. The Labute approximate surface area is 178 Å². The van der Waals surface area contributed by atoms with E-state index in [9.17, 15) is 14.4 Å². The molecule has 0 fully saturated rings. The van der Waals surface area contributed by atoms with Crippen LogP contribution in [0.3, 0.4) is 0 Å². The monoisotopic (exact) mass is 425 g/mol. The fourth-order valence-corrected chi connectivity index (χ4v) is 3.75. The predicted molar refractivity (Wildman–Crippen MR) is 114 cm³/mol. The summed E-state index contributed by atoms with van der Waals surface area (Å²) >= 11 is 1.28. The van der Waals surface area contributed by atoms with Crippen LogP contribution in [-0.4, -0.2) is 33.5 Å². The Morgan fingerprint density at radius 1 is 1.17 bits per heavy atom. The Bertz CT molecular complexity index is 1030. The van der Waals surface area contributed by atoms with Gasteiger partial charge in [0.05, 0.1) is 23.3 Å². The van der Waals surface area contributed by atoms with Crippen molar-refractivity contribution in [2.45, 2.75) is 39.3 Å². The second kappa shape index (κ2) is 9.98. The van der Waals surface area contributed by atoms with Gasteiger partial charge in [-0.1, -0.05) is 18.2 Å². The molecule has 1 N–H and O–H groups in total. The van der Waals surface area contributed by atoms with E-state index in [1.54, 1.807) is 29.9 Å². The number of ether oxygens (including phenoxy) is 1. The van der Waals surface area contributed by atoms with Crippen LogP contribution >= 0.6 is 11.3 Å². The maximum atomic E-state index is 12.5. The number of thiophene rings is 1. The molecular formula is C22H23N3O4S. The summed E-state index contributed by atoms with van der Waals surface area (Å²) in [6.45, 7) is 3.38. The Balaban J connectivity index is 1.48. The largest absolute Gasteiger partial charge is 0.454 e. The normalized spacial score (nSPS) is 11.7. The summed E-state index contributed by atoms with van der Waals surface area (Å²) in [4.78, 5) is 37.0. The number of esters is 1. The van der Waals surface area contributed by atoms with Crippen molar-refractivity contribution in [3.8, 4) is 5.69 Å². The molecule has 2 heterocycles. The second-order valence-electron chi connectivity index (χ2n) is 6.80. The lowest BCUT2D eigenvalue weighted by atomic mass is 10.2. The van der Waals surface area contributed by atoms with Gasteiger partial charge in [0, 0.05) is 24.4 Å². The molecule has 0 spiro atoms. The van der Waals surface area contributed by atoms with Crippen molar-refractivity contribution in [1.82, 2.24) is 15.1 Å². The van der Waals surface area contributed by atoms with Crippen molar-refractivity contribution in [2.75, 3.05) is 0 Å². The number of hydrogen-bond donors (Lipinski definition) is 1. The van der Waals surface area contributed by atoms with Gasteiger partial charge < -0.3 is 10.1 Å². The fraction of sp³-hybridized carbons (Fsp3) is 0.273. The van der Waals surface area contributed by atoms with E-state index in [1.165, 1.54) is 18.3 Å². The lowest BCUT2D eigenvalue weighted by Gasteiger charge is -2.11. The van der Waals surface area contributed by atoms with E-state index in [1.807, 2.05) is 36.5 Å². The average Bonchev–Trinajstić information content (AvgIpc) is 3.40. The van der Waals surface area contributed by atoms with E-state index in [0.29, 0.717) is 17.8 Å². The predicted octanol–water partition coefficient (Wildman–Crippen LogP) is 3.32. The van der Waals surface area contributed by atoms with Crippen molar-refractivity contribution in [2.24, 2.45) is 0 Å². The lowest BCUT2D eigenvalue weighted by molar-refractivity contribution is -0.146. The molecule has 0 saturated carbocycles. The maximum Gasteiger partial charge on any atom is 0.306 e. The first kappa shape index (κ1) is 21.4. The van der Waals surface area contributed by atoms with E-state index in [2.05, 4.69) is 10.4 Å². The highest BCUT2D eigenvalue weighted by Gasteiger charge is 2.21. The van der Waals surface area contributed by atoms with Gasteiger partial charge in [-0.2, -0.15) is 5.10 Å². The molecule has 1 unspecified atom stereocenters. The Kier molecular flexibility index (Phi) is 7.13. The van der Waals surface area contributed by atoms with Crippen LogP contribution in [0.4, 0.5) is 0 Å². The van der Waals surface area contributed by atoms with Gasteiger partial charge in [-0.25, -0.2) is 4.68 Å². The maximum absolute atomic E-state index is 12.5. The van der Waals surface area contributed by atoms with Crippen LogP contribution in [0, 0.1) is 0 Å². The summed E-state index contributed by atoms with van der Waals surface area (Å²) in [5, 5.41) is 6.99. The van der Waals surface area contributed by atoms with E-state index >= 15 is 0 Å². The molecule has 156 valence electrons. The molecule has 0 saturated heterocycles. The summed E-state index contributed by atoms with van der Waals surface area (Å²) in [6.07, 6.45) is 3.37. The molecule has 0 bridgehead atoms. The number of carbonyl (C=O) groups is 3. The Hall–Kier alpha value is -3.26. The number of nitrogens with zero attached hydrogens (tertiary/aromatic N) is 2. The minimum Gasteiger partial charge on any atom is -0.454 e. The Morgan fingerprint density at radius 2 is 1.93 bits per heavy atom. The number of aryl methyl sites for hydroxylation is 1. The molecule has 2 aromatic heterocycles. The fourth-order valence-electron chi connectivity index (χ4n) is 2.78. The molecule has 0 aliphatic rings. The SMILES string of the molecule is CC(=O)NCc1ccc(C(=O)C(C)OC(=O)CCc2cnn(-c3ccccc3)c2)s1. The minimum atomic E-state index is -0.864. The molecule has 30 heavy (non-hydrogen) atoms. The van der Waals surface area contributed by atoms with E-state index in [4.69, 9.17) is 4.74 Å². The molecule has 7 nitrogen and oxygen atoms in total. The first-order valence-corrected chi connectivity index (χ1v) is 10.4. The number of aromatic nitrogens is 2. The van der Waals surface area contributed by atoms with Gasteiger partial charge in [0.25, 0.3) is 0 Å². The number of para-hydroxylation sites is 1. The van der Waals surface area contributed by atoms with Crippen LogP contribution in [0.5, 0.6) is 0 Å². The third-order valence-corrected chi connectivity index (χ3v) is 5.47. The molecule has 3 aromatic rings.